The van der Waals surface area contributed by atoms with Gasteiger partial charge in [0.15, 0.2) is 0 Å². The molecule has 1 aromatic rings. The van der Waals surface area contributed by atoms with Crippen molar-refractivity contribution in [3.05, 3.63) is 18.1 Å². The number of nitrogens with one attached hydrogen (secondary N) is 1. The van der Waals surface area contributed by atoms with Crippen LogP contribution in [0.15, 0.2) is 12.4 Å². The maximum atomic E-state index is 11.5. The van der Waals surface area contributed by atoms with E-state index in [2.05, 4.69) is 15.3 Å². The van der Waals surface area contributed by atoms with Gasteiger partial charge in [-0.1, -0.05) is 0 Å². The van der Waals surface area contributed by atoms with Gasteiger partial charge in [0.2, 0.25) is 5.88 Å². The number of carbonyl (C=O) groups is 1. The molecule has 1 heterocycles. The molecule has 1 N–H and O–H groups in total. The number of rotatable bonds is 4. The van der Waals surface area contributed by atoms with Crippen molar-refractivity contribution in [2.24, 2.45) is 0 Å². The Balaban J connectivity index is 0.00000225. The summed E-state index contributed by atoms with van der Waals surface area (Å²) >= 11 is 0. The number of nitrogens with zero attached hydrogens (tertiary/aromatic N) is 2. The zero-order chi connectivity index (χ0) is 11.3. The molecule has 1 aromatic heterocycles. The molecule has 0 radical (unpaired) electrons. The third-order valence-electron chi connectivity index (χ3n) is 1.56. The van der Waals surface area contributed by atoms with Gasteiger partial charge in [0.1, 0.15) is 5.69 Å². The van der Waals surface area contributed by atoms with Gasteiger partial charge in [-0.2, -0.15) is 0 Å². The molecule has 0 fully saturated rings. The summed E-state index contributed by atoms with van der Waals surface area (Å²) in [4.78, 5) is 19.4. The summed E-state index contributed by atoms with van der Waals surface area (Å²) in [7, 11) is 0. The van der Waals surface area contributed by atoms with Gasteiger partial charge in [0.05, 0.1) is 19.0 Å². The van der Waals surface area contributed by atoms with E-state index in [-0.39, 0.29) is 19.1 Å². The Morgan fingerprint density at radius 3 is 2.93 bits per heavy atom. The molecule has 0 saturated carbocycles. The van der Waals surface area contributed by atoms with Crippen LogP contribution in [0.5, 0.6) is 5.88 Å². The van der Waals surface area contributed by atoms with Gasteiger partial charge in [0, 0.05) is 7.47 Å². The summed E-state index contributed by atoms with van der Waals surface area (Å²) in [5.74, 6) is 0.132. The summed E-state index contributed by atoms with van der Waals surface area (Å²) < 4.78 is 5.15. The van der Waals surface area contributed by atoms with Gasteiger partial charge < -0.3 is 10.1 Å². The van der Waals surface area contributed by atoms with Crippen molar-refractivity contribution in [1.29, 1.82) is 0 Å². The average molecular weight is 211 g/mol. The van der Waals surface area contributed by atoms with Crippen LogP contribution in [0.2, 0.25) is 0 Å². The van der Waals surface area contributed by atoms with Crippen molar-refractivity contribution >= 4 is 5.91 Å². The highest BCUT2D eigenvalue weighted by Gasteiger charge is 2.09. The normalized spacial score (nSPS) is 10.1. The first-order chi connectivity index (χ1) is 7.13. The van der Waals surface area contributed by atoms with Crippen LogP contribution < -0.4 is 10.1 Å². The van der Waals surface area contributed by atoms with Gasteiger partial charge >= 0.3 is 0 Å². The SMILES string of the molecule is CCOc1cncc(C(=O)NC(C)C)n1.[HH]. The molecule has 0 bridgehead atoms. The van der Waals surface area contributed by atoms with Crippen LogP contribution in [-0.2, 0) is 0 Å². The first-order valence-electron chi connectivity index (χ1n) is 4.89. The molecule has 84 valence electrons. The first-order valence-corrected chi connectivity index (χ1v) is 4.89. The highest BCUT2D eigenvalue weighted by atomic mass is 16.5. The second-order valence-corrected chi connectivity index (χ2v) is 3.30. The van der Waals surface area contributed by atoms with Crippen LogP contribution in [0.25, 0.3) is 0 Å². The van der Waals surface area contributed by atoms with E-state index in [1.807, 2.05) is 20.8 Å². The van der Waals surface area contributed by atoms with Gasteiger partial charge in [-0.05, 0) is 20.8 Å². The highest BCUT2D eigenvalue weighted by molar-refractivity contribution is 5.92. The molecule has 0 aromatic carbocycles. The van der Waals surface area contributed by atoms with E-state index in [1.54, 1.807) is 0 Å². The molecule has 0 aliphatic heterocycles. The Hall–Kier alpha value is -1.65. The molecular weight excluding hydrogens is 194 g/mol. The standard InChI is InChI=1S/C10H15N3O2.H2/c1-4-15-9-6-11-5-8(13-9)10(14)12-7(2)3;/h5-7H,4H2,1-3H3,(H,12,14);1H. The van der Waals surface area contributed by atoms with Crippen LogP contribution in [0.1, 0.15) is 32.7 Å². The number of aromatic nitrogens is 2. The lowest BCUT2D eigenvalue weighted by atomic mass is 10.3. The predicted octanol–water partition coefficient (Wildman–Crippen LogP) is 1.26. The summed E-state index contributed by atoms with van der Waals surface area (Å²) in [5.41, 5.74) is 0.273. The maximum absolute atomic E-state index is 11.5. The lowest BCUT2D eigenvalue weighted by molar-refractivity contribution is 0.0936. The molecule has 0 spiro atoms. The Morgan fingerprint density at radius 1 is 1.60 bits per heavy atom. The summed E-state index contributed by atoms with van der Waals surface area (Å²) in [6.07, 6.45) is 2.90. The van der Waals surface area contributed by atoms with Crippen LogP contribution >= 0.6 is 0 Å². The molecule has 0 aliphatic rings. The zero-order valence-corrected chi connectivity index (χ0v) is 9.15. The van der Waals surface area contributed by atoms with Crippen LogP contribution in [0, 0.1) is 0 Å². The molecule has 0 saturated heterocycles. The second-order valence-electron chi connectivity index (χ2n) is 3.30. The van der Waals surface area contributed by atoms with Gasteiger partial charge in [-0.3, -0.25) is 9.78 Å². The quantitative estimate of drug-likeness (QED) is 0.814. The van der Waals surface area contributed by atoms with Crippen molar-refractivity contribution in [3.8, 4) is 5.88 Å². The van der Waals surface area contributed by atoms with E-state index in [1.165, 1.54) is 12.4 Å². The minimum absolute atomic E-state index is 0. The van der Waals surface area contributed by atoms with Crippen LogP contribution in [0.4, 0.5) is 0 Å². The number of amides is 1. The van der Waals surface area contributed by atoms with Gasteiger partial charge in [-0.15, -0.1) is 0 Å². The van der Waals surface area contributed by atoms with Crippen molar-refractivity contribution in [2.45, 2.75) is 26.8 Å². The zero-order valence-electron chi connectivity index (χ0n) is 9.15. The Morgan fingerprint density at radius 2 is 2.33 bits per heavy atom. The number of carbonyl (C=O) groups excluding carboxylic acids is 1. The summed E-state index contributed by atoms with van der Waals surface area (Å²) in [6.45, 7) is 6.13. The molecule has 0 unspecified atom stereocenters. The van der Waals surface area contributed by atoms with E-state index in [9.17, 15) is 4.79 Å². The maximum Gasteiger partial charge on any atom is 0.271 e. The monoisotopic (exact) mass is 211 g/mol. The van der Waals surface area contributed by atoms with E-state index >= 15 is 0 Å². The summed E-state index contributed by atoms with van der Waals surface area (Å²) in [5, 5.41) is 2.73. The predicted molar refractivity (Wildman–Crippen MR) is 57.9 cm³/mol. The smallest absolute Gasteiger partial charge is 0.271 e. The molecule has 0 atom stereocenters. The fourth-order valence-corrected chi connectivity index (χ4v) is 1.01. The molecule has 0 aliphatic carbocycles. The Bertz CT molecular complexity index is 345. The number of hydrogen-bond acceptors (Lipinski definition) is 4. The molecule has 5 heteroatoms. The van der Waals surface area contributed by atoms with E-state index < -0.39 is 0 Å². The molecule has 1 amide bonds. The van der Waals surface area contributed by atoms with Crippen molar-refractivity contribution in [2.75, 3.05) is 6.61 Å². The van der Waals surface area contributed by atoms with Gasteiger partial charge in [-0.25, -0.2) is 4.98 Å². The minimum Gasteiger partial charge on any atom is -0.477 e. The molecular formula is C10H17N3O2. The minimum atomic E-state index is -0.237. The first kappa shape index (κ1) is 11.4. The third-order valence-corrected chi connectivity index (χ3v) is 1.56. The van der Waals surface area contributed by atoms with E-state index in [4.69, 9.17) is 4.74 Å². The average Bonchev–Trinajstić information content (AvgIpc) is 2.17. The molecule has 1 rings (SSSR count). The van der Waals surface area contributed by atoms with Crippen molar-refractivity contribution in [3.63, 3.8) is 0 Å². The van der Waals surface area contributed by atoms with Crippen molar-refractivity contribution < 1.29 is 11.0 Å². The Labute approximate surface area is 90.4 Å². The van der Waals surface area contributed by atoms with Gasteiger partial charge in [0.25, 0.3) is 5.91 Å². The lowest BCUT2D eigenvalue weighted by Gasteiger charge is -2.08. The second kappa shape index (κ2) is 5.29. The molecule has 15 heavy (non-hydrogen) atoms. The van der Waals surface area contributed by atoms with Crippen molar-refractivity contribution in [1.82, 2.24) is 15.3 Å². The fraction of sp³-hybridized carbons (Fsp3) is 0.500. The lowest BCUT2D eigenvalue weighted by Crippen LogP contribution is -2.30. The third kappa shape index (κ3) is 3.53. The van der Waals surface area contributed by atoms with E-state index in [0.717, 1.165) is 0 Å². The number of hydrogen-bond donors (Lipinski definition) is 1. The topological polar surface area (TPSA) is 64.1 Å². The van der Waals surface area contributed by atoms with Crippen LogP contribution in [0.3, 0.4) is 0 Å². The molecule has 5 nitrogen and oxygen atoms in total. The number of ether oxygens (including phenoxy) is 1. The Kier molecular flexibility index (Phi) is 4.03. The van der Waals surface area contributed by atoms with Crippen LogP contribution in [-0.4, -0.2) is 28.5 Å². The summed E-state index contributed by atoms with van der Waals surface area (Å²) in [6, 6.07) is 0.0787. The highest BCUT2D eigenvalue weighted by Crippen LogP contribution is 2.04. The van der Waals surface area contributed by atoms with E-state index in [0.29, 0.717) is 12.5 Å². The largest absolute Gasteiger partial charge is 0.477 e. The fourth-order valence-electron chi connectivity index (χ4n) is 1.01.